The zero-order valence-corrected chi connectivity index (χ0v) is 12.8. The number of carbonyl (C=O) groups is 1. The van der Waals surface area contributed by atoms with E-state index in [-0.39, 0.29) is 29.0 Å². The van der Waals surface area contributed by atoms with Crippen molar-refractivity contribution >= 4 is 5.91 Å². The molecule has 3 rings (SSSR count). The summed E-state index contributed by atoms with van der Waals surface area (Å²) in [6.07, 6.45) is 4.88. The van der Waals surface area contributed by atoms with Crippen LogP contribution in [0.3, 0.4) is 0 Å². The fourth-order valence-corrected chi connectivity index (χ4v) is 3.23. The van der Waals surface area contributed by atoms with E-state index in [2.05, 4.69) is 10.3 Å². The highest BCUT2D eigenvalue weighted by Gasteiger charge is 2.39. The number of pyridine rings is 1. The molecule has 2 fully saturated rings. The molecular formula is C16H22N2O4. The predicted molar refractivity (Wildman–Crippen MR) is 79.9 cm³/mol. The molecule has 1 aromatic heterocycles. The van der Waals surface area contributed by atoms with Gasteiger partial charge in [0.15, 0.2) is 5.69 Å². The molecule has 0 aliphatic carbocycles. The highest BCUT2D eigenvalue weighted by molar-refractivity contribution is 5.95. The summed E-state index contributed by atoms with van der Waals surface area (Å²) in [7, 11) is 0. The minimum atomic E-state index is -0.327. The van der Waals surface area contributed by atoms with Crippen molar-refractivity contribution in [3.63, 3.8) is 0 Å². The van der Waals surface area contributed by atoms with Crippen molar-refractivity contribution in [2.24, 2.45) is 0 Å². The van der Waals surface area contributed by atoms with Crippen molar-refractivity contribution < 1.29 is 19.4 Å². The maximum atomic E-state index is 12.3. The second-order valence-corrected chi connectivity index (χ2v) is 6.19. The van der Waals surface area contributed by atoms with Crippen LogP contribution >= 0.6 is 0 Å². The van der Waals surface area contributed by atoms with Gasteiger partial charge in [-0.3, -0.25) is 4.79 Å². The third kappa shape index (κ3) is 3.23. The monoisotopic (exact) mass is 306 g/mol. The van der Waals surface area contributed by atoms with E-state index in [9.17, 15) is 9.90 Å². The van der Waals surface area contributed by atoms with Crippen molar-refractivity contribution in [1.29, 1.82) is 0 Å². The third-order valence-corrected chi connectivity index (χ3v) is 4.45. The molecule has 1 atom stereocenters. The Bertz CT molecular complexity index is 550. The molecule has 1 unspecified atom stereocenters. The SMILES string of the molecule is Cc1cnc(C(=O)NC2CCOC3(CCOCC3)C2)c(O)c1. The van der Waals surface area contributed by atoms with Gasteiger partial charge in [0.25, 0.3) is 5.91 Å². The first kappa shape index (κ1) is 15.2. The predicted octanol–water partition coefficient (Wildman–Crippen LogP) is 1.55. The van der Waals surface area contributed by atoms with Gasteiger partial charge >= 0.3 is 0 Å². The van der Waals surface area contributed by atoms with Crippen molar-refractivity contribution in [1.82, 2.24) is 10.3 Å². The van der Waals surface area contributed by atoms with Gasteiger partial charge in [0.05, 0.1) is 5.60 Å². The molecule has 6 nitrogen and oxygen atoms in total. The number of nitrogens with zero attached hydrogens (tertiary/aromatic N) is 1. The average molecular weight is 306 g/mol. The summed E-state index contributed by atoms with van der Waals surface area (Å²) in [4.78, 5) is 16.4. The standard InChI is InChI=1S/C16H22N2O4/c1-11-8-13(19)14(17-10-11)15(20)18-12-2-5-22-16(9-12)3-6-21-7-4-16/h8,10,12,19H,2-7,9H2,1H3,(H,18,20). The molecule has 120 valence electrons. The summed E-state index contributed by atoms with van der Waals surface area (Å²) in [6, 6.07) is 1.59. The summed E-state index contributed by atoms with van der Waals surface area (Å²) in [5.74, 6) is -0.406. The van der Waals surface area contributed by atoms with Crippen LogP contribution in [0.1, 0.15) is 41.7 Å². The molecule has 1 spiro atoms. The zero-order chi connectivity index (χ0) is 15.6. The highest BCUT2D eigenvalue weighted by Crippen LogP contribution is 2.34. The summed E-state index contributed by atoms with van der Waals surface area (Å²) in [5.41, 5.74) is 0.733. The molecule has 3 heterocycles. The Morgan fingerprint density at radius 3 is 2.91 bits per heavy atom. The molecule has 0 bridgehead atoms. The van der Waals surface area contributed by atoms with E-state index in [1.807, 2.05) is 6.92 Å². The number of hydrogen-bond acceptors (Lipinski definition) is 5. The molecule has 6 heteroatoms. The molecule has 1 amide bonds. The maximum absolute atomic E-state index is 12.3. The number of aryl methyl sites for hydroxylation is 1. The van der Waals surface area contributed by atoms with Gasteiger partial charge < -0.3 is 19.9 Å². The second-order valence-electron chi connectivity index (χ2n) is 6.19. The number of ether oxygens (including phenoxy) is 2. The van der Waals surface area contributed by atoms with Crippen LogP contribution < -0.4 is 5.32 Å². The molecule has 2 aliphatic heterocycles. The summed E-state index contributed by atoms with van der Waals surface area (Å²) >= 11 is 0. The van der Waals surface area contributed by atoms with Gasteiger partial charge in [-0.05, 0) is 44.2 Å². The lowest BCUT2D eigenvalue weighted by Gasteiger charge is -2.43. The van der Waals surface area contributed by atoms with Crippen molar-refractivity contribution in [2.45, 2.75) is 44.2 Å². The first-order valence-corrected chi connectivity index (χ1v) is 7.76. The lowest BCUT2D eigenvalue weighted by atomic mass is 9.84. The Morgan fingerprint density at radius 2 is 2.18 bits per heavy atom. The van der Waals surface area contributed by atoms with Crippen molar-refractivity contribution in [2.75, 3.05) is 19.8 Å². The van der Waals surface area contributed by atoms with E-state index >= 15 is 0 Å². The molecule has 2 saturated heterocycles. The summed E-state index contributed by atoms with van der Waals surface area (Å²) < 4.78 is 11.4. The van der Waals surface area contributed by atoms with Gasteiger partial charge in [-0.2, -0.15) is 0 Å². The first-order chi connectivity index (χ1) is 10.6. The quantitative estimate of drug-likeness (QED) is 0.866. The smallest absolute Gasteiger partial charge is 0.273 e. The van der Waals surface area contributed by atoms with Crippen LogP contribution in [0.5, 0.6) is 5.75 Å². The lowest BCUT2D eigenvalue weighted by Crippen LogP contribution is -2.51. The Labute approximate surface area is 129 Å². The number of rotatable bonds is 2. The Morgan fingerprint density at radius 1 is 1.41 bits per heavy atom. The normalized spacial score (nSPS) is 24.1. The highest BCUT2D eigenvalue weighted by atomic mass is 16.5. The van der Waals surface area contributed by atoms with Crippen LogP contribution in [0.15, 0.2) is 12.3 Å². The average Bonchev–Trinajstić information content (AvgIpc) is 2.48. The van der Waals surface area contributed by atoms with E-state index in [1.165, 1.54) is 0 Å². The molecule has 1 aromatic rings. The van der Waals surface area contributed by atoms with Crippen molar-refractivity contribution in [3.05, 3.63) is 23.5 Å². The fraction of sp³-hybridized carbons (Fsp3) is 0.625. The number of hydrogen-bond donors (Lipinski definition) is 2. The Balaban J connectivity index is 1.66. The number of aromatic hydroxyl groups is 1. The molecule has 0 aromatic carbocycles. The summed E-state index contributed by atoms with van der Waals surface area (Å²) in [5, 5.41) is 12.9. The van der Waals surface area contributed by atoms with Gasteiger partial charge in [-0.25, -0.2) is 4.98 Å². The number of aromatic nitrogens is 1. The first-order valence-electron chi connectivity index (χ1n) is 7.76. The maximum Gasteiger partial charge on any atom is 0.273 e. The van der Waals surface area contributed by atoms with Gasteiger partial charge in [-0.15, -0.1) is 0 Å². The van der Waals surface area contributed by atoms with Crippen LogP contribution in [0, 0.1) is 6.92 Å². The number of nitrogens with one attached hydrogen (secondary N) is 1. The van der Waals surface area contributed by atoms with E-state index in [0.717, 1.165) is 31.2 Å². The molecular weight excluding hydrogens is 284 g/mol. The van der Waals surface area contributed by atoms with E-state index in [0.29, 0.717) is 19.8 Å². The zero-order valence-electron chi connectivity index (χ0n) is 12.8. The Kier molecular flexibility index (Phi) is 4.31. The molecule has 2 aliphatic rings. The number of carbonyl (C=O) groups excluding carboxylic acids is 1. The largest absolute Gasteiger partial charge is 0.505 e. The van der Waals surface area contributed by atoms with Crippen LogP contribution in [0.2, 0.25) is 0 Å². The third-order valence-electron chi connectivity index (χ3n) is 4.45. The lowest BCUT2D eigenvalue weighted by molar-refractivity contribution is -0.139. The van der Waals surface area contributed by atoms with Gasteiger partial charge in [0.2, 0.25) is 0 Å². The minimum absolute atomic E-state index is 0.0434. The fourth-order valence-electron chi connectivity index (χ4n) is 3.23. The van der Waals surface area contributed by atoms with Crippen LogP contribution in [0.25, 0.3) is 0 Å². The molecule has 0 saturated carbocycles. The van der Waals surface area contributed by atoms with E-state index in [1.54, 1.807) is 12.3 Å². The molecule has 0 radical (unpaired) electrons. The molecule has 2 N–H and O–H groups in total. The van der Waals surface area contributed by atoms with E-state index in [4.69, 9.17) is 9.47 Å². The van der Waals surface area contributed by atoms with Gasteiger partial charge in [-0.1, -0.05) is 0 Å². The van der Waals surface area contributed by atoms with E-state index < -0.39 is 0 Å². The van der Waals surface area contributed by atoms with Crippen molar-refractivity contribution in [3.8, 4) is 5.75 Å². The van der Waals surface area contributed by atoms with Gasteiger partial charge in [0.1, 0.15) is 5.75 Å². The van der Waals surface area contributed by atoms with Crippen LogP contribution in [-0.4, -0.2) is 47.5 Å². The minimum Gasteiger partial charge on any atom is -0.505 e. The van der Waals surface area contributed by atoms with Crippen LogP contribution in [-0.2, 0) is 9.47 Å². The second kappa shape index (κ2) is 6.22. The molecule has 22 heavy (non-hydrogen) atoms. The number of amides is 1. The Hall–Kier alpha value is -1.66. The topological polar surface area (TPSA) is 80.7 Å². The van der Waals surface area contributed by atoms with Gasteiger partial charge in [0, 0.05) is 32.1 Å². The summed E-state index contributed by atoms with van der Waals surface area (Å²) in [6.45, 7) is 3.88. The van der Waals surface area contributed by atoms with Crippen LogP contribution in [0.4, 0.5) is 0 Å².